The molecule has 1 atom stereocenters. The molecule has 13 heavy (non-hydrogen) atoms. The lowest BCUT2D eigenvalue weighted by Gasteiger charge is -2.07. The summed E-state index contributed by atoms with van der Waals surface area (Å²) >= 11 is 0. The standard InChI is InChI=1S/C10H16N2O/c1-8(11)5-6-9-4-3-7-12-10(9)13-2/h3-4,7-8H,5-6,11H2,1-2H3/t8-/m1/s1. The van der Waals surface area contributed by atoms with Crippen molar-refractivity contribution < 1.29 is 4.74 Å². The lowest BCUT2D eigenvalue weighted by molar-refractivity contribution is 0.391. The molecule has 1 rings (SSSR count). The zero-order valence-electron chi connectivity index (χ0n) is 8.16. The molecule has 0 fully saturated rings. The van der Waals surface area contributed by atoms with Crippen molar-refractivity contribution in [2.45, 2.75) is 25.8 Å². The number of pyridine rings is 1. The van der Waals surface area contributed by atoms with E-state index in [9.17, 15) is 0 Å². The summed E-state index contributed by atoms with van der Waals surface area (Å²) in [5.74, 6) is 0.711. The predicted octanol–water partition coefficient (Wildman–Crippen LogP) is 1.37. The molecule has 1 aromatic rings. The number of hydrogen-bond donors (Lipinski definition) is 1. The minimum Gasteiger partial charge on any atom is -0.481 e. The number of ether oxygens (including phenoxy) is 1. The second-order valence-corrected chi connectivity index (χ2v) is 3.19. The molecular weight excluding hydrogens is 164 g/mol. The summed E-state index contributed by atoms with van der Waals surface area (Å²) in [4.78, 5) is 4.11. The Bertz CT molecular complexity index is 261. The topological polar surface area (TPSA) is 48.1 Å². The fraction of sp³-hybridized carbons (Fsp3) is 0.500. The molecule has 2 N–H and O–H groups in total. The molecule has 0 unspecified atom stereocenters. The highest BCUT2D eigenvalue weighted by Gasteiger charge is 2.03. The fourth-order valence-corrected chi connectivity index (χ4v) is 1.18. The Balaban J connectivity index is 2.64. The molecule has 3 nitrogen and oxygen atoms in total. The van der Waals surface area contributed by atoms with Gasteiger partial charge in [0, 0.05) is 17.8 Å². The number of rotatable bonds is 4. The van der Waals surface area contributed by atoms with Crippen molar-refractivity contribution in [2.24, 2.45) is 5.73 Å². The largest absolute Gasteiger partial charge is 0.481 e. The molecule has 0 aliphatic carbocycles. The molecule has 0 amide bonds. The quantitative estimate of drug-likeness (QED) is 0.761. The number of nitrogens with zero attached hydrogens (tertiary/aromatic N) is 1. The van der Waals surface area contributed by atoms with E-state index in [-0.39, 0.29) is 6.04 Å². The van der Waals surface area contributed by atoms with E-state index < -0.39 is 0 Å². The molecule has 0 saturated carbocycles. The molecule has 72 valence electrons. The van der Waals surface area contributed by atoms with E-state index in [0.29, 0.717) is 5.88 Å². The Morgan fingerprint density at radius 2 is 2.38 bits per heavy atom. The highest BCUT2D eigenvalue weighted by molar-refractivity contribution is 5.25. The van der Waals surface area contributed by atoms with Crippen molar-refractivity contribution in [3.05, 3.63) is 23.9 Å². The summed E-state index contributed by atoms with van der Waals surface area (Å²) in [5, 5.41) is 0. The summed E-state index contributed by atoms with van der Waals surface area (Å²) in [5.41, 5.74) is 6.80. The average Bonchev–Trinajstić information content (AvgIpc) is 2.15. The SMILES string of the molecule is COc1ncccc1CC[C@@H](C)N. The third-order valence-electron chi connectivity index (χ3n) is 1.91. The van der Waals surface area contributed by atoms with Crippen molar-refractivity contribution in [3.8, 4) is 5.88 Å². The van der Waals surface area contributed by atoms with Crippen LogP contribution in [0.2, 0.25) is 0 Å². The molecule has 3 heteroatoms. The van der Waals surface area contributed by atoms with Crippen LogP contribution in [-0.2, 0) is 6.42 Å². The zero-order chi connectivity index (χ0) is 9.68. The van der Waals surface area contributed by atoms with Crippen molar-refractivity contribution in [1.29, 1.82) is 0 Å². The lowest BCUT2D eigenvalue weighted by Crippen LogP contribution is -2.15. The first-order valence-electron chi connectivity index (χ1n) is 4.47. The van der Waals surface area contributed by atoms with E-state index in [2.05, 4.69) is 4.98 Å². The van der Waals surface area contributed by atoms with E-state index in [1.807, 2.05) is 19.1 Å². The Morgan fingerprint density at radius 3 is 3.00 bits per heavy atom. The zero-order valence-corrected chi connectivity index (χ0v) is 8.16. The van der Waals surface area contributed by atoms with Crippen LogP contribution in [0.15, 0.2) is 18.3 Å². The van der Waals surface area contributed by atoms with Gasteiger partial charge in [-0.25, -0.2) is 4.98 Å². The van der Waals surface area contributed by atoms with Crippen LogP contribution >= 0.6 is 0 Å². The van der Waals surface area contributed by atoms with Crippen molar-refractivity contribution in [1.82, 2.24) is 4.98 Å². The Kier molecular flexibility index (Phi) is 3.71. The first kappa shape index (κ1) is 9.99. The minimum absolute atomic E-state index is 0.227. The van der Waals surface area contributed by atoms with Gasteiger partial charge in [-0.05, 0) is 25.8 Å². The second-order valence-electron chi connectivity index (χ2n) is 3.19. The molecule has 0 radical (unpaired) electrons. The summed E-state index contributed by atoms with van der Waals surface area (Å²) in [7, 11) is 1.64. The number of nitrogens with two attached hydrogens (primary N) is 1. The molecule has 0 aliphatic rings. The molecular formula is C10H16N2O. The summed E-state index contributed by atoms with van der Waals surface area (Å²) < 4.78 is 5.13. The van der Waals surface area contributed by atoms with Gasteiger partial charge in [0.05, 0.1) is 7.11 Å². The fourth-order valence-electron chi connectivity index (χ4n) is 1.18. The van der Waals surface area contributed by atoms with Gasteiger partial charge in [-0.2, -0.15) is 0 Å². The predicted molar refractivity (Wildman–Crippen MR) is 52.8 cm³/mol. The smallest absolute Gasteiger partial charge is 0.216 e. The molecule has 0 aromatic carbocycles. The van der Waals surface area contributed by atoms with Gasteiger partial charge in [-0.3, -0.25) is 0 Å². The number of aromatic nitrogens is 1. The first-order chi connectivity index (χ1) is 6.24. The maximum atomic E-state index is 5.67. The third-order valence-corrected chi connectivity index (χ3v) is 1.91. The average molecular weight is 180 g/mol. The Hall–Kier alpha value is -1.09. The minimum atomic E-state index is 0.227. The number of methoxy groups -OCH3 is 1. The van der Waals surface area contributed by atoms with Crippen LogP contribution in [0.4, 0.5) is 0 Å². The highest BCUT2D eigenvalue weighted by Crippen LogP contribution is 2.15. The van der Waals surface area contributed by atoms with E-state index >= 15 is 0 Å². The second kappa shape index (κ2) is 4.82. The summed E-state index contributed by atoms with van der Waals surface area (Å²) in [6.07, 6.45) is 3.62. The van der Waals surface area contributed by atoms with Gasteiger partial charge in [-0.1, -0.05) is 6.07 Å². The first-order valence-corrected chi connectivity index (χ1v) is 4.47. The van der Waals surface area contributed by atoms with E-state index in [1.54, 1.807) is 13.3 Å². The van der Waals surface area contributed by atoms with Crippen LogP contribution in [0.25, 0.3) is 0 Å². The molecule has 0 bridgehead atoms. The van der Waals surface area contributed by atoms with Crippen molar-refractivity contribution in [3.63, 3.8) is 0 Å². The molecule has 0 saturated heterocycles. The van der Waals surface area contributed by atoms with Gasteiger partial charge in [0.25, 0.3) is 0 Å². The molecule has 0 spiro atoms. The monoisotopic (exact) mass is 180 g/mol. The molecule has 0 aliphatic heterocycles. The van der Waals surface area contributed by atoms with Crippen LogP contribution in [0.5, 0.6) is 5.88 Å². The van der Waals surface area contributed by atoms with E-state index in [1.165, 1.54) is 0 Å². The van der Waals surface area contributed by atoms with Gasteiger partial charge in [0.2, 0.25) is 5.88 Å². The van der Waals surface area contributed by atoms with Gasteiger partial charge < -0.3 is 10.5 Å². The van der Waals surface area contributed by atoms with Crippen LogP contribution in [0.1, 0.15) is 18.9 Å². The summed E-state index contributed by atoms with van der Waals surface area (Å²) in [6.45, 7) is 2.00. The van der Waals surface area contributed by atoms with Gasteiger partial charge in [-0.15, -0.1) is 0 Å². The Morgan fingerprint density at radius 1 is 1.62 bits per heavy atom. The van der Waals surface area contributed by atoms with E-state index in [0.717, 1.165) is 18.4 Å². The maximum Gasteiger partial charge on any atom is 0.216 e. The normalized spacial score (nSPS) is 12.5. The lowest BCUT2D eigenvalue weighted by atomic mass is 10.1. The third kappa shape index (κ3) is 3.03. The summed E-state index contributed by atoms with van der Waals surface area (Å²) in [6, 6.07) is 4.16. The van der Waals surface area contributed by atoms with Gasteiger partial charge in [0.15, 0.2) is 0 Å². The van der Waals surface area contributed by atoms with Crippen LogP contribution < -0.4 is 10.5 Å². The van der Waals surface area contributed by atoms with Crippen LogP contribution in [-0.4, -0.2) is 18.1 Å². The van der Waals surface area contributed by atoms with Crippen molar-refractivity contribution in [2.75, 3.05) is 7.11 Å². The van der Waals surface area contributed by atoms with Crippen LogP contribution in [0.3, 0.4) is 0 Å². The number of hydrogen-bond acceptors (Lipinski definition) is 3. The van der Waals surface area contributed by atoms with Crippen molar-refractivity contribution >= 4 is 0 Å². The molecule has 1 aromatic heterocycles. The molecule has 1 heterocycles. The van der Waals surface area contributed by atoms with Crippen LogP contribution in [0, 0.1) is 0 Å². The maximum absolute atomic E-state index is 5.67. The van der Waals surface area contributed by atoms with Gasteiger partial charge in [0.1, 0.15) is 0 Å². The number of aryl methyl sites for hydroxylation is 1. The van der Waals surface area contributed by atoms with E-state index in [4.69, 9.17) is 10.5 Å². The van der Waals surface area contributed by atoms with Gasteiger partial charge >= 0.3 is 0 Å². The Labute approximate surface area is 78.9 Å². The highest BCUT2D eigenvalue weighted by atomic mass is 16.5.